The molecule has 0 atom stereocenters. The first-order valence-electron chi connectivity index (χ1n) is 10.2. The van der Waals surface area contributed by atoms with E-state index in [0.717, 1.165) is 24.9 Å². The highest BCUT2D eigenvalue weighted by Crippen LogP contribution is 2.26. The molecule has 0 aliphatic heterocycles. The van der Waals surface area contributed by atoms with E-state index < -0.39 is 0 Å². The van der Waals surface area contributed by atoms with Crippen LogP contribution < -0.4 is 0 Å². The molecular weight excluding hydrogens is 320 g/mol. The summed E-state index contributed by atoms with van der Waals surface area (Å²) in [5.41, 5.74) is 6.27. The van der Waals surface area contributed by atoms with Crippen LogP contribution >= 0.6 is 0 Å². The topological polar surface area (TPSA) is 38.0 Å². The van der Waals surface area contributed by atoms with Crippen molar-refractivity contribution in [2.75, 3.05) is 0 Å². The molecule has 2 rings (SSSR count). The molecule has 0 amide bonds. The molecule has 0 spiro atoms. The van der Waals surface area contributed by atoms with E-state index in [4.69, 9.17) is 4.98 Å². The van der Waals surface area contributed by atoms with Gasteiger partial charge in [0.1, 0.15) is 0 Å². The number of aliphatic hydroxyl groups is 1. The van der Waals surface area contributed by atoms with Crippen molar-refractivity contribution in [2.24, 2.45) is 0 Å². The summed E-state index contributed by atoms with van der Waals surface area (Å²) in [6.07, 6.45) is 8.99. The van der Waals surface area contributed by atoms with E-state index in [2.05, 4.69) is 57.4 Å². The summed E-state index contributed by atoms with van der Waals surface area (Å²) in [5.74, 6) is 0. The Morgan fingerprint density at radius 1 is 0.962 bits per heavy atom. The highest BCUT2D eigenvalue weighted by Gasteiger charge is 2.16. The first-order chi connectivity index (χ1) is 12.4. The standard InChI is InChI=1S/C23H36N2O/c1-6-8-10-21-22(11-9-7-2)25(17-24-21)15-18-12-19(16-26)14-20(13-18)23(3,4)5/h12-14,17,26H,6-11,15-16H2,1-5H3. The number of imidazole rings is 1. The number of benzene rings is 1. The molecule has 2 aromatic rings. The van der Waals surface area contributed by atoms with Gasteiger partial charge >= 0.3 is 0 Å². The molecule has 0 aliphatic rings. The Bertz CT molecular complexity index is 695. The maximum absolute atomic E-state index is 9.67. The lowest BCUT2D eigenvalue weighted by Crippen LogP contribution is -2.13. The lowest BCUT2D eigenvalue weighted by Gasteiger charge is -2.21. The second-order valence-electron chi connectivity index (χ2n) is 8.42. The second-order valence-corrected chi connectivity index (χ2v) is 8.42. The molecule has 144 valence electrons. The molecule has 0 bridgehead atoms. The highest BCUT2D eigenvalue weighted by atomic mass is 16.3. The second kappa shape index (κ2) is 9.36. The number of nitrogens with zero attached hydrogens (tertiary/aromatic N) is 2. The van der Waals surface area contributed by atoms with Crippen molar-refractivity contribution in [3.8, 4) is 0 Å². The molecule has 0 fully saturated rings. The van der Waals surface area contributed by atoms with Crippen molar-refractivity contribution in [3.63, 3.8) is 0 Å². The minimum absolute atomic E-state index is 0.0756. The van der Waals surface area contributed by atoms with Gasteiger partial charge in [-0.3, -0.25) is 0 Å². The number of aryl methyl sites for hydroxylation is 1. The van der Waals surface area contributed by atoms with E-state index in [1.165, 1.54) is 48.2 Å². The smallest absolute Gasteiger partial charge is 0.0954 e. The van der Waals surface area contributed by atoms with Crippen molar-refractivity contribution < 1.29 is 5.11 Å². The number of aliphatic hydroxyl groups excluding tert-OH is 1. The fraction of sp³-hybridized carbons (Fsp3) is 0.609. The summed E-state index contributed by atoms with van der Waals surface area (Å²) >= 11 is 0. The van der Waals surface area contributed by atoms with Crippen LogP contribution in [-0.2, 0) is 31.4 Å². The van der Waals surface area contributed by atoms with E-state index in [-0.39, 0.29) is 12.0 Å². The molecule has 3 nitrogen and oxygen atoms in total. The fourth-order valence-electron chi connectivity index (χ4n) is 3.35. The maximum Gasteiger partial charge on any atom is 0.0954 e. The number of aromatic nitrogens is 2. The molecular formula is C23H36N2O. The van der Waals surface area contributed by atoms with Gasteiger partial charge in [0.05, 0.1) is 18.6 Å². The third kappa shape index (κ3) is 5.44. The van der Waals surface area contributed by atoms with Crippen LogP contribution in [0.2, 0.25) is 0 Å². The zero-order valence-corrected chi connectivity index (χ0v) is 17.3. The van der Waals surface area contributed by atoms with E-state index in [0.29, 0.717) is 0 Å². The summed E-state index contributed by atoms with van der Waals surface area (Å²) in [7, 11) is 0. The largest absolute Gasteiger partial charge is 0.392 e. The molecule has 1 aromatic carbocycles. The van der Waals surface area contributed by atoms with Crippen LogP contribution in [0, 0.1) is 0 Å². The highest BCUT2D eigenvalue weighted by molar-refractivity contribution is 5.34. The third-order valence-electron chi connectivity index (χ3n) is 5.02. The predicted octanol–water partition coefficient (Wildman–Crippen LogP) is 5.41. The van der Waals surface area contributed by atoms with Crippen molar-refractivity contribution >= 4 is 0 Å². The van der Waals surface area contributed by atoms with Gasteiger partial charge in [-0.25, -0.2) is 4.98 Å². The number of rotatable bonds is 9. The van der Waals surface area contributed by atoms with Crippen LogP contribution in [0.3, 0.4) is 0 Å². The Kier molecular flexibility index (Phi) is 7.45. The molecule has 0 saturated heterocycles. The van der Waals surface area contributed by atoms with E-state index in [1.807, 2.05) is 6.33 Å². The Morgan fingerprint density at radius 2 is 1.62 bits per heavy atom. The van der Waals surface area contributed by atoms with Gasteiger partial charge in [0, 0.05) is 12.2 Å². The van der Waals surface area contributed by atoms with Crippen LogP contribution in [0.5, 0.6) is 0 Å². The SMILES string of the molecule is CCCCc1ncn(Cc2cc(CO)cc(C(C)(C)C)c2)c1CCCC. The molecule has 1 N–H and O–H groups in total. The molecule has 1 aromatic heterocycles. The Balaban J connectivity index is 2.33. The van der Waals surface area contributed by atoms with Crippen LogP contribution in [0.4, 0.5) is 0 Å². The normalized spacial score (nSPS) is 11.9. The third-order valence-corrected chi connectivity index (χ3v) is 5.02. The summed E-state index contributed by atoms with van der Waals surface area (Å²) in [5, 5.41) is 9.67. The predicted molar refractivity (Wildman–Crippen MR) is 110 cm³/mol. The first kappa shape index (κ1) is 20.7. The molecule has 0 radical (unpaired) electrons. The average molecular weight is 357 g/mol. The monoisotopic (exact) mass is 356 g/mol. The summed E-state index contributed by atoms with van der Waals surface area (Å²) in [6.45, 7) is 12.1. The van der Waals surface area contributed by atoms with Gasteiger partial charge in [0.2, 0.25) is 0 Å². The Hall–Kier alpha value is -1.61. The maximum atomic E-state index is 9.67. The van der Waals surface area contributed by atoms with Crippen molar-refractivity contribution in [1.29, 1.82) is 0 Å². The van der Waals surface area contributed by atoms with Gasteiger partial charge in [-0.1, -0.05) is 65.7 Å². The average Bonchev–Trinajstić information content (AvgIpc) is 2.98. The van der Waals surface area contributed by atoms with Gasteiger partial charge in [0.25, 0.3) is 0 Å². The minimum Gasteiger partial charge on any atom is -0.392 e. The zero-order chi connectivity index (χ0) is 19.2. The van der Waals surface area contributed by atoms with Crippen LogP contribution in [0.1, 0.15) is 88.4 Å². The van der Waals surface area contributed by atoms with Gasteiger partial charge in [-0.2, -0.15) is 0 Å². The summed E-state index contributed by atoms with van der Waals surface area (Å²) < 4.78 is 2.32. The lowest BCUT2D eigenvalue weighted by molar-refractivity contribution is 0.281. The van der Waals surface area contributed by atoms with Crippen LogP contribution in [0.15, 0.2) is 24.5 Å². The molecule has 3 heteroatoms. The minimum atomic E-state index is 0.0756. The number of hydrogen-bond donors (Lipinski definition) is 1. The molecule has 0 aliphatic carbocycles. The van der Waals surface area contributed by atoms with E-state index >= 15 is 0 Å². The van der Waals surface area contributed by atoms with E-state index in [1.54, 1.807) is 0 Å². The Labute approximate surface area is 159 Å². The number of unbranched alkanes of at least 4 members (excludes halogenated alkanes) is 2. The lowest BCUT2D eigenvalue weighted by atomic mass is 9.85. The molecule has 0 unspecified atom stereocenters. The van der Waals surface area contributed by atoms with Crippen LogP contribution in [0.25, 0.3) is 0 Å². The van der Waals surface area contributed by atoms with Crippen molar-refractivity contribution in [3.05, 3.63) is 52.6 Å². The molecule has 26 heavy (non-hydrogen) atoms. The van der Waals surface area contributed by atoms with Gasteiger partial charge in [0.15, 0.2) is 0 Å². The fourth-order valence-corrected chi connectivity index (χ4v) is 3.35. The van der Waals surface area contributed by atoms with Gasteiger partial charge in [-0.05, 0) is 47.8 Å². The Morgan fingerprint density at radius 3 is 2.23 bits per heavy atom. The number of hydrogen-bond acceptors (Lipinski definition) is 2. The first-order valence-corrected chi connectivity index (χ1v) is 10.2. The van der Waals surface area contributed by atoms with Crippen molar-refractivity contribution in [1.82, 2.24) is 9.55 Å². The molecule has 0 saturated carbocycles. The molecule has 1 heterocycles. The van der Waals surface area contributed by atoms with Gasteiger partial charge in [-0.15, -0.1) is 0 Å². The quantitative estimate of drug-likeness (QED) is 0.652. The van der Waals surface area contributed by atoms with Gasteiger partial charge < -0.3 is 9.67 Å². The summed E-state index contributed by atoms with van der Waals surface area (Å²) in [4.78, 5) is 4.73. The van der Waals surface area contributed by atoms with Crippen LogP contribution in [-0.4, -0.2) is 14.7 Å². The zero-order valence-electron chi connectivity index (χ0n) is 17.3. The van der Waals surface area contributed by atoms with Crippen molar-refractivity contribution in [2.45, 2.75) is 91.7 Å². The van der Waals surface area contributed by atoms with E-state index in [9.17, 15) is 5.11 Å². The summed E-state index contributed by atoms with van der Waals surface area (Å²) in [6, 6.07) is 6.54.